The second kappa shape index (κ2) is 10.9. The predicted octanol–water partition coefficient (Wildman–Crippen LogP) is 6.05. The van der Waals surface area contributed by atoms with Gasteiger partial charge >= 0.3 is 0 Å². The van der Waals surface area contributed by atoms with Crippen LogP contribution in [-0.4, -0.2) is 32.6 Å². The Hall–Kier alpha value is -4.02. The molecule has 0 bridgehead atoms. The number of nitrogens with one attached hydrogen (secondary N) is 3. The van der Waals surface area contributed by atoms with Crippen molar-refractivity contribution in [2.75, 3.05) is 29.6 Å². The zero-order chi connectivity index (χ0) is 26.6. The molecule has 0 unspecified atom stereocenters. The molecule has 0 radical (unpaired) electrons. The zero-order valence-electron chi connectivity index (χ0n) is 20.7. The number of nitrogens with zero attached hydrogens (tertiary/aromatic N) is 2. The van der Waals surface area contributed by atoms with Crippen LogP contribution in [0.4, 0.5) is 28.8 Å². The number of aryl methyl sites for hydroxylation is 2. The van der Waals surface area contributed by atoms with E-state index in [0.717, 1.165) is 17.1 Å². The second-order valence-electron chi connectivity index (χ2n) is 8.13. The van der Waals surface area contributed by atoms with E-state index in [1.807, 2.05) is 37.3 Å². The molecular weight excluding hydrogens is 514 g/mol. The Morgan fingerprint density at radius 3 is 2.05 bits per heavy atom. The molecule has 0 atom stereocenters. The molecule has 0 spiro atoms. The second-order valence-corrected chi connectivity index (χ2v) is 10.2. The number of halogens is 1. The van der Waals surface area contributed by atoms with Gasteiger partial charge in [-0.25, -0.2) is 13.4 Å². The number of hydrogen-bond donors (Lipinski definition) is 3. The van der Waals surface area contributed by atoms with Gasteiger partial charge in [-0.2, -0.15) is 4.98 Å². The average molecular weight is 540 g/mol. The average Bonchev–Trinajstić information content (AvgIpc) is 2.86. The highest BCUT2D eigenvalue weighted by atomic mass is 35.5. The number of sulfonamides is 1. The summed E-state index contributed by atoms with van der Waals surface area (Å²) in [5, 5.41) is 6.73. The minimum absolute atomic E-state index is 0.0437. The smallest absolute Gasteiger partial charge is 0.265 e. The fourth-order valence-electron chi connectivity index (χ4n) is 3.48. The van der Waals surface area contributed by atoms with Crippen molar-refractivity contribution in [3.05, 3.63) is 83.0 Å². The van der Waals surface area contributed by atoms with Crippen molar-refractivity contribution < 1.29 is 17.9 Å². The molecule has 1 aromatic heterocycles. The summed E-state index contributed by atoms with van der Waals surface area (Å²) in [4.78, 5) is 8.91. The van der Waals surface area contributed by atoms with Crippen molar-refractivity contribution in [2.45, 2.75) is 18.7 Å². The molecule has 0 fully saturated rings. The Morgan fingerprint density at radius 1 is 0.784 bits per heavy atom. The molecule has 0 saturated carbocycles. The highest BCUT2D eigenvalue weighted by Gasteiger charge is 2.21. The molecule has 3 N–H and O–H groups in total. The first-order valence-electron chi connectivity index (χ1n) is 11.2. The monoisotopic (exact) mass is 539 g/mol. The third-order valence-electron chi connectivity index (χ3n) is 5.34. The summed E-state index contributed by atoms with van der Waals surface area (Å²) >= 11 is 6.15. The van der Waals surface area contributed by atoms with Crippen LogP contribution in [0.25, 0.3) is 0 Å². The third kappa shape index (κ3) is 6.41. The molecule has 0 aliphatic carbocycles. The van der Waals surface area contributed by atoms with E-state index in [9.17, 15) is 8.42 Å². The van der Waals surface area contributed by atoms with E-state index in [-0.39, 0.29) is 10.6 Å². The maximum Gasteiger partial charge on any atom is 0.265 e. The van der Waals surface area contributed by atoms with Gasteiger partial charge in [-0.15, -0.1) is 0 Å². The molecule has 0 saturated heterocycles. The lowest BCUT2D eigenvalue weighted by atomic mass is 10.2. The Morgan fingerprint density at radius 2 is 1.41 bits per heavy atom. The van der Waals surface area contributed by atoms with Gasteiger partial charge in [0.2, 0.25) is 5.95 Å². The van der Waals surface area contributed by atoms with E-state index >= 15 is 0 Å². The highest BCUT2D eigenvalue weighted by molar-refractivity contribution is 7.92. The largest absolute Gasteiger partial charge is 0.497 e. The molecule has 4 rings (SSSR count). The van der Waals surface area contributed by atoms with Gasteiger partial charge in [0.25, 0.3) is 10.0 Å². The number of benzene rings is 3. The van der Waals surface area contributed by atoms with E-state index in [2.05, 4.69) is 25.3 Å². The van der Waals surface area contributed by atoms with Crippen molar-refractivity contribution in [1.82, 2.24) is 9.97 Å². The molecule has 192 valence electrons. The number of anilines is 5. The van der Waals surface area contributed by atoms with Gasteiger partial charge in [0, 0.05) is 33.8 Å². The Labute approximate surface area is 220 Å². The van der Waals surface area contributed by atoms with E-state index in [1.54, 1.807) is 44.4 Å². The summed E-state index contributed by atoms with van der Waals surface area (Å²) in [6, 6.07) is 19.0. The Bertz CT molecular complexity index is 1510. The van der Waals surface area contributed by atoms with Crippen molar-refractivity contribution in [2.24, 2.45) is 0 Å². The van der Waals surface area contributed by atoms with E-state index in [1.165, 1.54) is 13.2 Å². The van der Waals surface area contributed by atoms with Gasteiger partial charge in [0.1, 0.15) is 22.2 Å². The summed E-state index contributed by atoms with van der Waals surface area (Å²) in [6.45, 7) is 3.64. The SMILES string of the molecule is COc1ccc(Nc2cc(C)nc(Nc3ccc(NS(=O)(=O)c4cc(Cl)c(C)cc4OC)cc3)n2)cc1. The Balaban J connectivity index is 1.48. The molecule has 3 aromatic carbocycles. The van der Waals surface area contributed by atoms with Crippen LogP contribution in [0.1, 0.15) is 11.3 Å². The zero-order valence-corrected chi connectivity index (χ0v) is 22.2. The summed E-state index contributed by atoms with van der Waals surface area (Å²) in [5.41, 5.74) is 3.39. The van der Waals surface area contributed by atoms with Gasteiger partial charge in [0.05, 0.1) is 14.2 Å². The van der Waals surface area contributed by atoms with Crippen LogP contribution in [0.15, 0.2) is 71.6 Å². The van der Waals surface area contributed by atoms with Crippen LogP contribution >= 0.6 is 11.6 Å². The summed E-state index contributed by atoms with van der Waals surface area (Å²) < 4.78 is 39.0. The quantitative estimate of drug-likeness (QED) is 0.235. The molecule has 0 aliphatic heterocycles. The first-order chi connectivity index (χ1) is 17.7. The number of aromatic nitrogens is 2. The molecule has 37 heavy (non-hydrogen) atoms. The first-order valence-corrected chi connectivity index (χ1v) is 13.0. The summed E-state index contributed by atoms with van der Waals surface area (Å²) in [6.07, 6.45) is 0. The van der Waals surface area contributed by atoms with Crippen LogP contribution in [0.3, 0.4) is 0 Å². The van der Waals surface area contributed by atoms with E-state index < -0.39 is 10.0 Å². The molecular formula is C26H26ClN5O4S. The molecule has 0 aliphatic rings. The molecule has 0 amide bonds. The highest BCUT2D eigenvalue weighted by Crippen LogP contribution is 2.31. The minimum Gasteiger partial charge on any atom is -0.497 e. The molecule has 4 aromatic rings. The maximum absolute atomic E-state index is 13.0. The third-order valence-corrected chi connectivity index (χ3v) is 7.15. The molecule has 1 heterocycles. The summed E-state index contributed by atoms with van der Waals surface area (Å²) in [5.74, 6) is 1.99. The van der Waals surface area contributed by atoms with Gasteiger partial charge < -0.3 is 20.1 Å². The maximum atomic E-state index is 13.0. The normalized spacial score (nSPS) is 11.1. The lowest BCUT2D eigenvalue weighted by Crippen LogP contribution is -2.14. The van der Waals surface area contributed by atoms with Crippen LogP contribution in [0.2, 0.25) is 5.02 Å². The van der Waals surface area contributed by atoms with Crippen LogP contribution in [-0.2, 0) is 10.0 Å². The van der Waals surface area contributed by atoms with Crippen LogP contribution in [0.5, 0.6) is 11.5 Å². The molecule has 9 nitrogen and oxygen atoms in total. The minimum atomic E-state index is -3.93. The Kier molecular flexibility index (Phi) is 7.70. The number of ether oxygens (including phenoxy) is 2. The van der Waals surface area contributed by atoms with Gasteiger partial charge in [-0.05, 0) is 80.1 Å². The fraction of sp³-hybridized carbons (Fsp3) is 0.154. The molecule has 11 heteroatoms. The summed E-state index contributed by atoms with van der Waals surface area (Å²) in [7, 11) is -0.905. The lowest BCUT2D eigenvalue weighted by Gasteiger charge is -2.14. The van der Waals surface area contributed by atoms with Crippen molar-refractivity contribution in [3.8, 4) is 11.5 Å². The fourth-order valence-corrected chi connectivity index (χ4v) is 4.94. The first kappa shape index (κ1) is 26.1. The number of rotatable bonds is 9. The van der Waals surface area contributed by atoms with Gasteiger partial charge in [0.15, 0.2) is 0 Å². The van der Waals surface area contributed by atoms with Gasteiger partial charge in [-0.1, -0.05) is 11.6 Å². The van der Waals surface area contributed by atoms with Crippen molar-refractivity contribution >= 4 is 50.5 Å². The topological polar surface area (TPSA) is 114 Å². The van der Waals surface area contributed by atoms with Crippen molar-refractivity contribution in [1.29, 1.82) is 0 Å². The number of methoxy groups -OCH3 is 2. The van der Waals surface area contributed by atoms with E-state index in [4.69, 9.17) is 21.1 Å². The standard InChI is InChI=1S/C26H26ClN5O4S/c1-16-13-23(36-4)24(15-22(16)27)37(33,34)32-20-7-5-19(6-8-20)30-26-28-17(2)14-25(31-26)29-18-9-11-21(35-3)12-10-18/h5-15,32H,1-4H3,(H2,28,29,30,31). The number of hydrogen-bond acceptors (Lipinski definition) is 8. The van der Waals surface area contributed by atoms with E-state index in [0.29, 0.717) is 33.7 Å². The van der Waals surface area contributed by atoms with Crippen molar-refractivity contribution in [3.63, 3.8) is 0 Å². The van der Waals surface area contributed by atoms with Gasteiger partial charge in [-0.3, -0.25) is 4.72 Å². The van der Waals surface area contributed by atoms with Crippen LogP contribution in [0, 0.1) is 13.8 Å². The lowest BCUT2D eigenvalue weighted by molar-refractivity contribution is 0.402. The van der Waals surface area contributed by atoms with Crippen LogP contribution < -0.4 is 24.8 Å². The predicted molar refractivity (Wildman–Crippen MR) is 146 cm³/mol.